The van der Waals surface area contributed by atoms with E-state index in [0.29, 0.717) is 0 Å². The molecule has 214 valence electrons. The molecule has 0 N–H and O–H groups in total. The van der Waals surface area contributed by atoms with E-state index in [0.717, 1.165) is 60.7 Å². The van der Waals surface area contributed by atoms with Crippen LogP contribution in [0.4, 0.5) is 0 Å². The second-order valence-corrected chi connectivity index (χ2v) is 13.2. The standard InChI is InChI=1S/C42H23NO2S/c1-4-13-35-27(8-1)33-22-34-31-10-3-6-15-40(31)46-41(34)23-36(33)43(35)25-17-19-30-32-12-7-11-26(42(32)45-39(30)21-25)24-16-18-29-28-9-2-5-14-37(28)44-38(29)20-24/h1-23H. The van der Waals surface area contributed by atoms with E-state index in [2.05, 4.69) is 132 Å². The molecule has 0 aliphatic rings. The first-order chi connectivity index (χ1) is 22.8. The zero-order valence-electron chi connectivity index (χ0n) is 24.5. The Bertz CT molecular complexity index is 3040. The minimum Gasteiger partial charge on any atom is -0.456 e. The minimum absolute atomic E-state index is 0.874. The van der Waals surface area contributed by atoms with Gasteiger partial charge in [-0.2, -0.15) is 0 Å². The summed E-state index contributed by atoms with van der Waals surface area (Å²) in [6.45, 7) is 0. The predicted octanol–water partition coefficient (Wildman–Crippen LogP) is 12.6. The molecule has 46 heavy (non-hydrogen) atoms. The summed E-state index contributed by atoms with van der Waals surface area (Å²) in [6, 6.07) is 49.9. The van der Waals surface area contributed by atoms with Gasteiger partial charge in [0.25, 0.3) is 0 Å². The molecule has 4 aromatic heterocycles. The number of benzene rings is 7. The van der Waals surface area contributed by atoms with Crippen LogP contribution in [0.15, 0.2) is 148 Å². The molecule has 0 saturated heterocycles. The lowest BCUT2D eigenvalue weighted by Gasteiger charge is -2.08. The minimum atomic E-state index is 0.874. The van der Waals surface area contributed by atoms with Crippen LogP contribution in [0.2, 0.25) is 0 Å². The molecule has 4 heteroatoms. The van der Waals surface area contributed by atoms with E-state index in [9.17, 15) is 0 Å². The fourth-order valence-corrected chi connectivity index (χ4v) is 8.63. The van der Waals surface area contributed by atoms with Crippen molar-refractivity contribution in [1.82, 2.24) is 4.57 Å². The topological polar surface area (TPSA) is 31.2 Å². The van der Waals surface area contributed by atoms with Crippen LogP contribution >= 0.6 is 11.3 Å². The molecule has 7 aromatic carbocycles. The second kappa shape index (κ2) is 8.87. The molecule has 0 radical (unpaired) electrons. The molecule has 11 aromatic rings. The molecule has 0 unspecified atom stereocenters. The molecule has 0 spiro atoms. The van der Waals surface area contributed by atoms with Crippen molar-refractivity contribution in [2.75, 3.05) is 0 Å². The molecule has 3 nitrogen and oxygen atoms in total. The fraction of sp³-hybridized carbons (Fsp3) is 0. The maximum Gasteiger partial charge on any atom is 0.143 e. The molecular formula is C42H23NO2S. The first-order valence-electron chi connectivity index (χ1n) is 15.5. The molecular weight excluding hydrogens is 583 g/mol. The van der Waals surface area contributed by atoms with E-state index < -0.39 is 0 Å². The number of thiophene rings is 1. The van der Waals surface area contributed by atoms with Gasteiger partial charge in [-0.1, -0.05) is 78.9 Å². The Morgan fingerprint density at radius 2 is 1.15 bits per heavy atom. The molecule has 0 bridgehead atoms. The number of fused-ring (bicyclic) bond motifs is 12. The van der Waals surface area contributed by atoms with Gasteiger partial charge >= 0.3 is 0 Å². The zero-order valence-corrected chi connectivity index (χ0v) is 25.3. The summed E-state index contributed by atoms with van der Waals surface area (Å²) >= 11 is 1.86. The van der Waals surface area contributed by atoms with Crippen LogP contribution in [0.5, 0.6) is 0 Å². The smallest absolute Gasteiger partial charge is 0.143 e. The summed E-state index contributed by atoms with van der Waals surface area (Å²) in [7, 11) is 0. The van der Waals surface area contributed by atoms with Gasteiger partial charge in [0.05, 0.1) is 11.0 Å². The molecule has 0 saturated carbocycles. The first kappa shape index (κ1) is 24.5. The van der Waals surface area contributed by atoms with E-state index >= 15 is 0 Å². The van der Waals surface area contributed by atoms with Crippen molar-refractivity contribution < 1.29 is 8.83 Å². The van der Waals surface area contributed by atoms with E-state index in [4.69, 9.17) is 8.83 Å². The summed E-state index contributed by atoms with van der Waals surface area (Å²) in [5, 5.41) is 9.63. The predicted molar refractivity (Wildman–Crippen MR) is 194 cm³/mol. The quantitative estimate of drug-likeness (QED) is 0.196. The SMILES string of the molecule is c1ccc2c(c1)oc1cc(-c3cccc4c3oc3cc(-n5c6ccccc6c6cc7c(cc65)sc5ccccc57)ccc34)ccc12. The molecule has 11 rings (SSSR count). The number of rotatable bonds is 2. The Kier molecular flexibility index (Phi) is 4.72. The highest BCUT2D eigenvalue weighted by molar-refractivity contribution is 7.25. The lowest BCUT2D eigenvalue weighted by atomic mass is 10.0. The van der Waals surface area contributed by atoms with Crippen LogP contribution in [-0.2, 0) is 0 Å². The van der Waals surface area contributed by atoms with Crippen molar-refractivity contribution in [2.45, 2.75) is 0 Å². The number of furan rings is 2. The van der Waals surface area contributed by atoms with Gasteiger partial charge in [0.15, 0.2) is 0 Å². The van der Waals surface area contributed by atoms with Crippen LogP contribution in [-0.4, -0.2) is 4.57 Å². The lowest BCUT2D eigenvalue weighted by molar-refractivity contribution is 0.668. The monoisotopic (exact) mass is 605 g/mol. The highest BCUT2D eigenvalue weighted by atomic mass is 32.1. The van der Waals surface area contributed by atoms with Crippen LogP contribution in [0.1, 0.15) is 0 Å². The highest BCUT2D eigenvalue weighted by Gasteiger charge is 2.18. The van der Waals surface area contributed by atoms with E-state index in [1.165, 1.54) is 42.0 Å². The molecule has 4 heterocycles. The third-order valence-corrected chi connectivity index (χ3v) is 10.7. The Labute approximate surface area is 266 Å². The molecule has 0 atom stereocenters. The van der Waals surface area contributed by atoms with Gasteiger partial charge in [0.2, 0.25) is 0 Å². The van der Waals surface area contributed by atoms with Crippen molar-refractivity contribution in [2.24, 2.45) is 0 Å². The molecule has 0 aliphatic heterocycles. The Balaban J connectivity index is 1.13. The summed E-state index contributed by atoms with van der Waals surface area (Å²) in [5.41, 5.74) is 9.16. The molecule has 0 fully saturated rings. The van der Waals surface area contributed by atoms with Crippen molar-refractivity contribution in [3.8, 4) is 16.8 Å². The maximum atomic E-state index is 6.74. The van der Waals surface area contributed by atoms with Crippen molar-refractivity contribution >= 4 is 97.2 Å². The van der Waals surface area contributed by atoms with E-state index in [1.54, 1.807) is 0 Å². The number of nitrogens with zero attached hydrogens (tertiary/aromatic N) is 1. The van der Waals surface area contributed by atoms with Gasteiger partial charge in [-0.05, 0) is 60.2 Å². The molecule has 0 aliphatic carbocycles. The largest absolute Gasteiger partial charge is 0.456 e. The average Bonchev–Trinajstić information content (AvgIpc) is 3.85. The summed E-state index contributed by atoms with van der Waals surface area (Å²) in [6.07, 6.45) is 0. The number of hydrogen-bond donors (Lipinski definition) is 0. The van der Waals surface area contributed by atoms with E-state index in [-0.39, 0.29) is 0 Å². The third-order valence-electron chi connectivity index (χ3n) is 9.60. The van der Waals surface area contributed by atoms with Gasteiger partial charge in [0, 0.05) is 69.8 Å². The van der Waals surface area contributed by atoms with Crippen LogP contribution in [0, 0.1) is 0 Å². The van der Waals surface area contributed by atoms with E-state index in [1.807, 2.05) is 23.5 Å². The van der Waals surface area contributed by atoms with Crippen LogP contribution < -0.4 is 0 Å². The normalized spacial score (nSPS) is 12.3. The van der Waals surface area contributed by atoms with Gasteiger partial charge in [0.1, 0.15) is 22.3 Å². The summed E-state index contributed by atoms with van der Waals surface area (Å²) in [4.78, 5) is 0. The van der Waals surface area contributed by atoms with Gasteiger partial charge in [-0.25, -0.2) is 0 Å². The van der Waals surface area contributed by atoms with Crippen LogP contribution in [0.25, 0.3) is 103 Å². The third kappa shape index (κ3) is 3.26. The number of aromatic nitrogens is 1. The summed E-state index contributed by atoms with van der Waals surface area (Å²) in [5.74, 6) is 0. The second-order valence-electron chi connectivity index (χ2n) is 12.1. The van der Waals surface area contributed by atoms with Crippen molar-refractivity contribution in [3.63, 3.8) is 0 Å². The molecule has 0 amide bonds. The fourth-order valence-electron chi connectivity index (χ4n) is 7.51. The van der Waals surface area contributed by atoms with Crippen LogP contribution in [0.3, 0.4) is 0 Å². The van der Waals surface area contributed by atoms with Gasteiger partial charge < -0.3 is 13.4 Å². The first-order valence-corrected chi connectivity index (χ1v) is 16.3. The maximum absolute atomic E-state index is 6.74. The Morgan fingerprint density at radius 3 is 2.11 bits per heavy atom. The number of para-hydroxylation sites is 3. The summed E-state index contributed by atoms with van der Waals surface area (Å²) < 4.78 is 18.0. The lowest BCUT2D eigenvalue weighted by Crippen LogP contribution is -1.93. The Hall–Kier alpha value is -5.84. The number of hydrogen-bond acceptors (Lipinski definition) is 3. The van der Waals surface area contributed by atoms with Gasteiger partial charge in [-0.15, -0.1) is 11.3 Å². The highest BCUT2D eigenvalue weighted by Crippen LogP contribution is 2.42. The van der Waals surface area contributed by atoms with Crippen molar-refractivity contribution in [1.29, 1.82) is 0 Å². The zero-order chi connectivity index (χ0) is 29.9. The Morgan fingerprint density at radius 1 is 0.413 bits per heavy atom. The van der Waals surface area contributed by atoms with Crippen molar-refractivity contribution in [3.05, 3.63) is 140 Å². The van der Waals surface area contributed by atoms with Gasteiger partial charge in [-0.3, -0.25) is 0 Å². The average molecular weight is 606 g/mol.